The number of alkyl halides is 3. The van der Waals surface area contributed by atoms with Crippen molar-refractivity contribution in [2.45, 2.75) is 12.8 Å². The number of nitrogens with two attached hydrogens (primary N) is 1. The summed E-state index contributed by atoms with van der Waals surface area (Å²) >= 11 is 0. The zero-order valence-electron chi connectivity index (χ0n) is 8.97. The third kappa shape index (κ3) is 3.86. The number of nitrogens with one attached hydrogen (secondary N) is 1. The molecule has 0 aromatic heterocycles. The second-order valence-electron chi connectivity index (χ2n) is 3.29. The van der Waals surface area contributed by atoms with Crippen LogP contribution in [-0.4, -0.2) is 13.1 Å². The van der Waals surface area contributed by atoms with E-state index in [-0.39, 0.29) is 17.9 Å². The van der Waals surface area contributed by atoms with Crippen molar-refractivity contribution in [1.82, 2.24) is 5.32 Å². The summed E-state index contributed by atoms with van der Waals surface area (Å²) in [6.07, 6.45) is -5.20. The highest BCUT2D eigenvalue weighted by atomic mass is 19.4. The molecule has 4 nitrogen and oxygen atoms in total. The first-order valence-electron chi connectivity index (χ1n) is 4.64. The summed E-state index contributed by atoms with van der Waals surface area (Å²) in [6.45, 7) is -0.270. The van der Waals surface area contributed by atoms with Crippen molar-refractivity contribution < 1.29 is 22.7 Å². The Morgan fingerprint density at radius 1 is 1.41 bits per heavy atom. The van der Waals surface area contributed by atoms with Gasteiger partial charge < -0.3 is 15.8 Å². The first-order valence-corrected chi connectivity index (χ1v) is 4.64. The van der Waals surface area contributed by atoms with E-state index in [1.165, 1.54) is 13.1 Å². The van der Waals surface area contributed by atoms with Gasteiger partial charge in [0.25, 0.3) is 0 Å². The lowest BCUT2D eigenvalue weighted by Crippen LogP contribution is -2.19. The predicted octanol–water partition coefficient (Wildman–Crippen LogP) is 2.14. The Morgan fingerprint density at radius 3 is 2.59 bits per heavy atom. The molecule has 0 aliphatic carbocycles. The lowest BCUT2D eigenvalue weighted by atomic mass is 10.1. The molecule has 17 heavy (non-hydrogen) atoms. The Morgan fingerprint density at radius 2 is 2.06 bits per heavy atom. The maximum Gasteiger partial charge on any atom is 0.416 e. The zero-order valence-corrected chi connectivity index (χ0v) is 8.97. The number of alkyl carbamates (subject to hydrolysis) is 1. The topological polar surface area (TPSA) is 64.3 Å². The molecule has 3 N–H and O–H groups in total. The largest absolute Gasteiger partial charge is 0.445 e. The Bertz CT molecular complexity index is 419. The molecule has 0 atom stereocenters. The Labute approximate surface area is 95.6 Å². The number of anilines is 1. The summed E-state index contributed by atoms with van der Waals surface area (Å²) in [4.78, 5) is 10.8. The van der Waals surface area contributed by atoms with Crippen LogP contribution in [0.4, 0.5) is 23.7 Å². The van der Waals surface area contributed by atoms with E-state index in [1.54, 1.807) is 0 Å². The number of hydrogen-bond donors (Lipinski definition) is 2. The molecular weight excluding hydrogens is 237 g/mol. The highest BCUT2D eigenvalue weighted by molar-refractivity contribution is 5.66. The fourth-order valence-corrected chi connectivity index (χ4v) is 1.19. The Balaban J connectivity index is 2.87. The van der Waals surface area contributed by atoms with Gasteiger partial charge in [-0.2, -0.15) is 13.2 Å². The van der Waals surface area contributed by atoms with Crippen LogP contribution in [0.5, 0.6) is 0 Å². The highest BCUT2D eigenvalue weighted by Gasteiger charge is 2.31. The molecule has 1 rings (SSSR count). The van der Waals surface area contributed by atoms with Gasteiger partial charge in [-0.25, -0.2) is 4.79 Å². The summed E-state index contributed by atoms with van der Waals surface area (Å²) in [7, 11) is 1.35. The smallest absolute Gasteiger partial charge is 0.416 e. The Kier molecular flexibility index (Phi) is 3.82. The lowest BCUT2D eigenvalue weighted by molar-refractivity contribution is -0.137. The van der Waals surface area contributed by atoms with Crippen LogP contribution in [0.2, 0.25) is 0 Å². The van der Waals surface area contributed by atoms with E-state index in [4.69, 9.17) is 5.73 Å². The van der Waals surface area contributed by atoms with Crippen molar-refractivity contribution >= 4 is 11.8 Å². The summed E-state index contributed by atoms with van der Waals surface area (Å²) in [5.41, 5.74) is 4.62. The van der Waals surface area contributed by atoms with Gasteiger partial charge in [0.15, 0.2) is 0 Å². The number of hydrogen-bond acceptors (Lipinski definition) is 3. The fraction of sp³-hybridized carbons (Fsp3) is 0.300. The van der Waals surface area contributed by atoms with Crippen molar-refractivity contribution in [3.63, 3.8) is 0 Å². The molecule has 1 amide bonds. The Hall–Kier alpha value is -1.92. The average molecular weight is 248 g/mol. The molecule has 7 heteroatoms. The van der Waals surface area contributed by atoms with Crippen molar-refractivity contribution in [3.05, 3.63) is 29.3 Å². The van der Waals surface area contributed by atoms with Gasteiger partial charge in [-0.1, -0.05) is 0 Å². The van der Waals surface area contributed by atoms with Gasteiger partial charge in [-0.15, -0.1) is 0 Å². The molecule has 0 aliphatic rings. The van der Waals surface area contributed by atoms with Crippen molar-refractivity contribution in [1.29, 1.82) is 0 Å². The summed E-state index contributed by atoms with van der Waals surface area (Å²) < 4.78 is 41.9. The minimum absolute atomic E-state index is 0.0321. The van der Waals surface area contributed by atoms with Crippen LogP contribution in [0.25, 0.3) is 0 Å². The number of halogens is 3. The number of carbonyl (C=O) groups excluding carboxylic acids is 1. The first-order chi connectivity index (χ1) is 7.82. The molecule has 0 bridgehead atoms. The van der Waals surface area contributed by atoms with Crippen LogP contribution >= 0.6 is 0 Å². The van der Waals surface area contributed by atoms with E-state index < -0.39 is 17.8 Å². The minimum Gasteiger partial charge on any atom is -0.445 e. The summed E-state index contributed by atoms with van der Waals surface area (Å²) in [5.74, 6) is 0. The number of benzene rings is 1. The quantitative estimate of drug-likeness (QED) is 0.788. The highest BCUT2D eigenvalue weighted by Crippen LogP contribution is 2.31. The van der Waals surface area contributed by atoms with Crippen molar-refractivity contribution in [2.75, 3.05) is 12.8 Å². The number of ether oxygens (including phenoxy) is 1. The average Bonchev–Trinajstić information content (AvgIpc) is 2.24. The maximum atomic E-state index is 12.4. The second-order valence-corrected chi connectivity index (χ2v) is 3.29. The lowest BCUT2D eigenvalue weighted by Gasteiger charge is -2.10. The molecular formula is C10H11F3N2O2. The third-order valence-corrected chi connectivity index (χ3v) is 1.92. The van der Waals surface area contributed by atoms with Gasteiger partial charge >= 0.3 is 12.3 Å². The van der Waals surface area contributed by atoms with E-state index in [0.29, 0.717) is 0 Å². The number of amides is 1. The number of carbonyl (C=O) groups is 1. The normalized spacial score (nSPS) is 11.1. The van der Waals surface area contributed by atoms with Gasteiger partial charge in [0.2, 0.25) is 0 Å². The summed E-state index contributed by atoms with van der Waals surface area (Å²) in [6, 6.07) is 3.03. The molecule has 0 saturated heterocycles. The molecule has 0 unspecified atom stereocenters. The van der Waals surface area contributed by atoms with Crippen LogP contribution in [0.15, 0.2) is 18.2 Å². The van der Waals surface area contributed by atoms with Crippen LogP contribution < -0.4 is 11.1 Å². The molecule has 1 aromatic carbocycles. The molecule has 0 aliphatic heterocycles. The number of rotatable bonds is 2. The van der Waals surface area contributed by atoms with E-state index in [2.05, 4.69) is 10.1 Å². The van der Waals surface area contributed by atoms with E-state index in [9.17, 15) is 18.0 Å². The molecule has 0 spiro atoms. The van der Waals surface area contributed by atoms with Crippen LogP contribution in [0, 0.1) is 0 Å². The fourth-order valence-electron chi connectivity index (χ4n) is 1.19. The standard InChI is InChI=1S/C10H11F3N2O2/c1-15-9(16)17-5-6-2-7(10(11,12)13)4-8(14)3-6/h2-4H,5,14H2,1H3,(H,15,16). The van der Waals surface area contributed by atoms with Gasteiger partial charge in [-0.05, 0) is 23.8 Å². The van der Waals surface area contributed by atoms with Crippen molar-refractivity contribution in [2.24, 2.45) is 0 Å². The summed E-state index contributed by atoms with van der Waals surface area (Å²) in [5, 5.41) is 2.18. The third-order valence-electron chi connectivity index (χ3n) is 1.92. The zero-order chi connectivity index (χ0) is 13.1. The van der Waals surface area contributed by atoms with Crippen LogP contribution in [0.1, 0.15) is 11.1 Å². The second kappa shape index (κ2) is 4.94. The van der Waals surface area contributed by atoms with Crippen molar-refractivity contribution in [3.8, 4) is 0 Å². The van der Waals surface area contributed by atoms with Crippen LogP contribution in [0.3, 0.4) is 0 Å². The molecule has 0 fully saturated rings. The van der Waals surface area contributed by atoms with Gasteiger partial charge in [0.05, 0.1) is 5.56 Å². The van der Waals surface area contributed by atoms with Gasteiger partial charge in [-0.3, -0.25) is 0 Å². The predicted molar refractivity (Wildman–Crippen MR) is 55.1 cm³/mol. The molecule has 1 aromatic rings. The van der Waals surface area contributed by atoms with E-state index >= 15 is 0 Å². The monoisotopic (exact) mass is 248 g/mol. The van der Waals surface area contributed by atoms with E-state index in [1.807, 2.05) is 0 Å². The molecule has 0 radical (unpaired) electrons. The molecule has 0 saturated carbocycles. The van der Waals surface area contributed by atoms with Gasteiger partial charge in [0.1, 0.15) is 6.61 Å². The molecule has 94 valence electrons. The maximum absolute atomic E-state index is 12.4. The SMILES string of the molecule is CNC(=O)OCc1cc(N)cc(C(F)(F)F)c1. The van der Waals surface area contributed by atoms with Crippen LogP contribution in [-0.2, 0) is 17.5 Å². The van der Waals surface area contributed by atoms with Gasteiger partial charge in [0, 0.05) is 12.7 Å². The van der Waals surface area contributed by atoms with E-state index in [0.717, 1.165) is 12.1 Å². The minimum atomic E-state index is -4.48. The number of nitrogen functional groups attached to an aromatic ring is 1. The molecule has 0 heterocycles. The first kappa shape index (κ1) is 13.1.